The second-order valence-corrected chi connectivity index (χ2v) is 7.33. The quantitative estimate of drug-likeness (QED) is 0.524. The third kappa shape index (κ3) is 6.10. The number of carbonyl (C=O) groups is 1. The number of nitrogens with one attached hydrogen (secondary N) is 2. The lowest BCUT2D eigenvalue weighted by Gasteiger charge is -2.18. The molecule has 1 atom stereocenters. The minimum atomic E-state index is -3.82. The van der Waals surface area contributed by atoms with E-state index in [2.05, 4.69) is 10.0 Å². The van der Waals surface area contributed by atoms with Crippen LogP contribution in [0.3, 0.4) is 0 Å². The number of hydrogen-bond acceptors (Lipinski definition) is 5. The van der Waals surface area contributed by atoms with Crippen molar-refractivity contribution in [3.05, 3.63) is 23.8 Å². The molecule has 1 aromatic rings. The van der Waals surface area contributed by atoms with E-state index >= 15 is 0 Å². The first-order valence-electron chi connectivity index (χ1n) is 7.94. The van der Waals surface area contributed by atoms with Gasteiger partial charge in [-0.1, -0.05) is 13.3 Å². The number of ether oxygens (including phenoxy) is 1. The fourth-order valence-corrected chi connectivity index (χ4v) is 3.54. The van der Waals surface area contributed by atoms with Crippen LogP contribution in [0.5, 0.6) is 0 Å². The van der Waals surface area contributed by atoms with Gasteiger partial charge in [0.05, 0.1) is 11.3 Å². The molecule has 0 aliphatic carbocycles. The normalized spacial score (nSPS) is 12.8. The molecule has 0 amide bonds. The van der Waals surface area contributed by atoms with Gasteiger partial charge in [0.2, 0.25) is 10.0 Å². The topological polar surface area (TPSA) is 105 Å². The zero-order valence-electron chi connectivity index (χ0n) is 14.3. The van der Waals surface area contributed by atoms with E-state index in [9.17, 15) is 13.2 Å². The number of aromatic carboxylic acids is 1. The predicted octanol–water partition coefficient (Wildman–Crippen LogP) is 2.30. The zero-order chi connectivity index (χ0) is 18.2. The van der Waals surface area contributed by atoms with Crippen molar-refractivity contribution in [3.63, 3.8) is 0 Å². The lowest BCUT2D eigenvalue weighted by molar-refractivity contribution is 0.0696. The first-order valence-corrected chi connectivity index (χ1v) is 9.42. The van der Waals surface area contributed by atoms with E-state index in [0.717, 1.165) is 12.8 Å². The second-order valence-electron chi connectivity index (χ2n) is 5.59. The zero-order valence-corrected chi connectivity index (χ0v) is 15.1. The van der Waals surface area contributed by atoms with Gasteiger partial charge in [-0.15, -0.1) is 0 Å². The van der Waals surface area contributed by atoms with Gasteiger partial charge in [0.15, 0.2) is 0 Å². The molecule has 0 saturated carbocycles. The molecule has 0 bridgehead atoms. The van der Waals surface area contributed by atoms with Gasteiger partial charge in [-0.2, -0.15) is 0 Å². The minimum absolute atomic E-state index is 0.0530. The molecule has 1 unspecified atom stereocenters. The number of rotatable bonds is 11. The van der Waals surface area contributed by atoms with Gasteiger partial charge in [-0.3, -0.25) is 0 Å². The number of carboxylic acids is 1. The molecule has 0 radical (unpaired) electrons. The van der Waals surface area contributed by atoms with E-state index in [1.807, 2.05) is 13.8 Å². The van der Waals surface area contributed by atoms with E-state index in [4.69, 9.17) is 9.84 Å². The maximum atomic E-state index is 12.5. The molecule has 24 heavy (non-hydrogen) atoms. The standard InChI is InChI=1S/C16H26N2O5S/c1-4-6-12(2)18-14-8-7-13(16(19)20)11-15(14)24(21,22)17-9-5-10-23-3/h7-8,11-12,17-18H,4-6,9-10H2,1-3H3,(H,19,20). The highest BCUT2D eigenvalue weighted by molar-refractivity contribution is 7.89. The van der Waals surface area contributed by atoms with Crippen LogP contribution in [-0.2, 0) is 14.8 Å². The molecule has 0 aliphatic heterocycles. The third-order valence-electron chi connectivity index (χ3n) is 3.46. The fraction of sp³-hybridized carbons (Fsp3) is 0.562. The van der Waals surface area contributed by atoms with Crippen molar-refractivity contribution in [2.24, 2.45) is 0 Å². The van der Waals surface area contributed by atoms with Crippen molar-refractivity contribution < 1.29 is 23.1 Å². The molecule has 0 aromatic heterocycles. The highest BCUT2D eigenvalue weighted by Gasteiger charge is 2.21. The van der Waals surface area contributed by atoms with Gasteiger partial charge in [0, 0.05) is 26.3 Å². The Morgan fingerprint density at radius 3 is 2.67 bits per heavy atom. The molecule has 0 fully saturated rings. The first kappa shape index (κ1) is 20.4. The van der Waals surface area contributed by atoms with Gasteiger partial charge in [-0.05, 0) is 38.0 Å². The third-order valence-corrected chi connectivity index (χ3v) is 4.96. The molecule has 3 N–H and O–H groups in total. The van der Waals surface area contributed by atoms with E-state index in [1.54, 1.807) is 7.11 Å². The molecule has 0 heterocycles. The summed E-state index contributed by atoms with van der Waals surface area (Å²) in [6, 6.07) is 4.15. The summed E-state index contributed by atoms with van der Waals surface area (Å²) in [5.41, 5.74) is 0.334. The van der Waals surface area contributed by atoms with Gasteiger partial charge in [0.1, 0.15) is 4.90 Å². The van der Waals surface area contributed by atoms with Crippen LogP contribution in [0.15, 0.2) is 23.1 Å². The second kappa shape index (κ2) is 9.61. The number of benzene rings is 1. The van der Waals surface area contributed by atoms with Gasteiger partial charge >= 0.3 is 5.97 Å². The highest BCUT2D eigenvalue weighted by atomic mass is 32.2. The van der Waals surface area contributed by atoms with Crippen molar-refractivity contribution in [1.29, 1.82) is 0 Å². The molecule has 136 valence electrons. The molecular formula is C16H26N2O5S. The van der Waals surface area contributed by atoms with Crippen LogP contribution in [0, 0.1) is 0 Å². The van der Waals surface area contributed by atoms with Crippen molar-refractivity contribution in [3.8, 4) is 0 Å². The van der Waals surface area contributed by atoms with E-state index in [-0.39, 0.29) is 23.0 Å². The number of anilines is 1. The van der Waals surface area contributed by atoms with Crippen LogP contribution in [0.1, 0.15) is 43.5 Å². The van der Waals surface area contributed by atoms with Crippen molar-refractivity contribution in [2.75, 3.05) is 25.6 Å². The largest absolute Gasteiger partial charge is 0.478 e. The number of hydrogen-bond donors (Lipinski definition) is 3. The van der Waals surface area contributed by atoms with E-state index in [0.29, 0.717) is 18.7 Å². The average Bonchev–Trinajstić information content (AvgIpc) is 2.52. The van der Waals surface area contributed by atoms with Crippen LogP contribution in [0.4, 0.5) is 5.69 Å². The van der Waals surface area contributed by atoms with Crippen LogP contribution in [0.25, 0.3) is 0 Å². The van der Waals surface area contributed by atoms with Crippen LogP contribution in [-0.4, -0.2) is 45.8 Å². The Morgan fingerprint density at radius 1 is 1.38 bits per heavy atom. The summed E-state index contributed by atoms with van der Waals surface area (Å²) >= 11 is 0. The molecule has 1 aromatic carbocycles. The van der Waals surface area contributed by atoms with Gasteiger partial charge in [-0.25, -0.2) is 17.9 Å². The number of methoxy groups -OCH3 is 1. The van der Waals surface area contributed by atoms with Crippen molar-refractivity contribution in [2.45, 2.75) is 44.0 Å². The summed E-state index contributed by atoms with van der Waals surface area (Å²) < 4.78 is 32.5. The summed E-state index contributed by atoms with van der Waals surface area (Å²) in [6.45, 7) is 4.66. The SMILES string of the molecule is CCCC(C)Nc1ccc(C(=O)O)cc1S(=O)(=O)NCCCOC. The van der Waals surface area contributed by atoms with E-state index in [1.165, 1.54) is 18.2 Å². The Morgan fingerprint density at radius 2 is 2.08 bits per heavy atom. The lowest BCUT2D eigenvalue weighted by atomic mass is 10.1. The van der Waals surface area contributed by atoms with E-state index < -0.39 is 16.0 Å². The van der Waals surface area contributed by atoms with Gasteiger partial charge in [0.25, 0.3) is 0 Å². The number of carboxylic acid groups (broad SMARTS) is 1. The summed E-state index contributed by atoms with van der Waals surface area (Å²) in [7, 11) is -2.28. The van der Waals surface area contributed by atoms with Crippen LogP contribution in [0.2, 0.25) is 0 Å². The number of sulfonamides is 1. The first-order chi connectivity index (χ1) is 11.3. The predicted molar refractivity (Wildman–Crippen MR) is 93.1 cm³/mol. The maximum absolute atomic E-state index is 12.5. The Labute approximate surface area is 143 Å². The molecule has 0 saturated heterocycles. The van der Waals surface area contributed by atoms with Crippen LogP contribution < -0.4 is 10.0 Å². The minimum Gasteiger partial charge on any atom is -0.478 e. The average molecular weight is 358 g/mol. The highest BCUT2D eigenvalue weighted by Crippen LogP contribution is 2.24. The molecule has 8 heteroatoms. The molecule has 0 aliphatic rings. The Balaban J connectivity index is 3.10. The Hall–Kier alpha value is -1.64. The molecular weight excluding hydrogens is 332 g/mol. The monoisotopic (exact) mass is 358 g/mol. The lowest BCUT2D eigenvalue weighted by Crippen LogP contribution is -2.27. The summed E-state index contributed by atoms with van der Waals surface area (Å²) in [5.74, 6) is -1.17. The van der Waals surface area contributed by atoms with Crippen molar-refractivity contribution in [1.82, 2.24) is 4.72 Å². The molecule has 7 nitrogen and oxygen atoms in total. The molecule has 1 rings (SSSR count). The smallest absolute Gasteiger partial charge is 0.335 e. The van der Waals surface area contributed by atoms with Crippen molar-refractivity contribution >= 4 is 21.7 Å². The fourth-order valence-electron chi connectivity index (χ4n) is 2.27. The maximum Gasteiger partial charge on any atom is 0.335 e. The molecule has 0 spiro atoms. The summed E-state index contributed by atoms with van der Waals surface area (Å²) in [5, 5.41) is 12.3. The Bertz CT molecular complexity index is 646. The Kier molecular flexibility index (Phi) is 8.17. The van der Waals surface area contributed by atoms with Crippen LogP contribution >= 0.6 is 0 Å². The van der Waals surface area contributed by atoms with Gasteiger partial charge < -0.3 is 15.2 Å². The summed E-state index contributed by atoms with van der Waals surface area (Å²) in [4.78, 5) is 11.1. The summed E-state index contributed by atoms with van der Waals surface area (Å²) in [6.07, 6.45) is 2.36.